The summed E-state index contributed by atoms with van der Waals surface area (Å²) in [7, 11) is 0. The fourth-order valence-electron chi connectivity index (χ4n) is 6.11. The molecule has 2 aliphatic rings. The van der Waals surface area contributed by atoms with Crippen molar-refractivity contribution in [1.82, 2.24) is 15.2 Å². The molecule has 0 saturated carbocycles. The Morgan fingerprint density at radius 1 is 1.16 bits per heavy atom. The first-order valence-corrected chi connectivity index (χ1v) is 11.8. The zero-order valence-corrected chi connectivity index (χ0v) is 18.7. The fraction of sp³-hybridized carbons (Fsp3) is 0.444. The van der Waals surface area contributed by atoms with Crippen molar-refractivity contribution in [2.24, 2.45) is 5.41 Å². The lowest BCUT2D eigenvalue weighted by Gasteiger charge is -2.51. The van der Waals surface area contributed by atoms with Crippen LogP contribution in [0.5, 0.6) is 0 Å². The minimum absolute atomic E-state index is 0.0253. The van der Waals surface area contributed by atoms with Gasteiger partial charge < -0.3 is 10.3 Å². The number of H-pyrrole nitrogens is 1. The van der Waals surface area contributed by atoms with Crippen LogP contribution in [0.4, 0.5) is 0 Å². The molecule has 0 unspecified atom stereocenters. The maximum atomic E-state index is 13.3. The quantitative estimate of drug-likeness (QED) is 0.576. The third-order valence-corrected chi connectivity index (χ3v) is 7.73. The second kappa shape index (κ2) is 8.16. The van der Waals surface area contributed by atoms with Gasteiger partial charge in [-0.05, 0) is 56.3 Å². The first-order chi connectivity index (χ1) is 15.1. The van der Waals surface area contributed by atoms with E-state index >= 15 is 0 Å². The summed E-state index contributed by atoms with van der Waals surface area (Å²) in [5, 5.41) is 4.64. The maximum absolute atomic E-state index is 13.3. The van der Waals surface area contributed by atoms with Gasteiger partial charge in [0, 0.05) is 35.0 Å². The highest BCUT2D eigenvalue weighted by Gasteiger charge is 2.48. The zero-order valence-electron chi connectivity index (χ0n) is 18.7. The van der Waals surface area contributed by atoms with Crippen LogP contribution in [0.2, 0.25) is 0 Å². The van der Waals surface area contributed by atoms with Gasteiger partial charge >= 0.3 is 0 Å². The van der Waals surface area contributed by atoms with Gasteiger partial charge in [-0.25, -0.2) is 0 Å². The molecule has 3 heterocycles. The van der Waals surface area contributed by atoms with Crippen molar-refractivity contribution < 1.29 is 4.79 Å². The van der Waals surface area contributed by atoms with E-state index in [1.165, 1.54) is 28.6 Å². The van der Waals surface area contributed by atoms with Crippen LogP contribution >= 0.6 is 0 Å². The summed E-state index contributed by atoms with van der Waals surface area (Å²) in [6.07, 6.45) is 4.95. The third kappa shape index (κ3) is 3.57. The highest BCUT2D eigenvalue weighted by Crippen LogP contribution is 2.53. The summed E-state index contributed by atoms with van der Waals surface area (Å²) in [4.78, 5) is 19.7. The van der Waals surface area contributed by atoms with Crippen molar-refractivity contribution in [3.63, 3.8) is 0 Å². The van der Waals surface area contributed by atoms with Gasteiger partial charge in [0.25, 0.3) is 0 Å². The Bertz CT molecular complexity index is 1070. The molecule has 2 aliphatic heterocycles. The van der Waals surface area contributed by atoms with Gasteiger partial charge in [0.1, 0.15) is 0 Å². The predicted octanol–water partition coefficient (Wildman–Crippen LogP) is 5.52. The number of carbonyl (C=O) groups excluding carboxylic acids is 1. The summed E-state index contributed by atoms with van der Waals surface area (Å²) in [6, 6.07) is 19.2. The van der Waals surface area contributed by atoms with E-state index in [9.17, 15) is 4.79 Å². The van der Waals surface area contributed by atoms with Crippen LogP contribution in [-0.2, 0) is 11.2 Å². The SMILES string of the molecule is CC[C@@]1(CC(=O)N[C@@H](C)c2ccccc2)CCCN2CCc3c([nH]c4ccccc34)[C@@H]21. The molecule has 1 saturated heterocycles. The molecule has 2 N–H and O–H groups in total. The highest BCUT2D eigenvalue weighted by molar-refractivity contribution is 5.85. The Morgan fingerprint density at radius 2 is 1.94 bits per heavy atom. The monoisotopic (exact) mass is 415 g/mol. The molecule has 0 aliphatic carbocycles. The number of benzene rings is 2. The minimum Gasteiger partial charge on any atom is -0.357 e. The molecule has 1 fully saturated rings. The Morgan fingerprint density at radius 3 is 2.74 bits per heavy atom. The topological polar surface area (TPSA) is 48.1 Å². The number of aromatic amines is 1. The molecule has 1 amide bonds. The van der Waals surface area contributed by atoms with Gasteiger partial charge in [0.05, 0.1) is 12.1 Å². The predicted molar refractivity (Wildman–Crippen MR) is 126 cm³/mol. The van der Waals surface area contributed by atoms with Gasteiger partial charge in [-0.3, -0.25) is 9.69 Å². The zero-order chi connectivity index (χ0) is 21.4. The minimum atomic E-state index is -0.0329. The van der Waals surface area contributed by atoms with Gasteiger partial charge in [-0.1, -0.05) is 55.5 Å². The van der Waals surface area contributed by atoms with Crippen molar-refractivity contribution in [2.45, 2.75) is 58.0 Å². The number of nitrogens with one attached hydrogen (secondary N) is 2. The van der Waals surface area contributed by atoms with Crippen LogP contribution in [0.1, 0.15) is 68.4 Å². The van der Waals surface area contributed by atoms with E-state index in [0.717, 1.165) is 37.9 Å². The molecule has 4 heteroatoms. The summed E-state index contributed by atoms with van der Waals surface area (Å²) in [5.41, 5.74) is 5.18. The average molecular weight is 416 g/mol. The van der Waals surface area contributed by atoms with E-state index in [0.29, 0.717) is 12.5 Å². The molecule has 3 atom stereocenters. The van der Waals surface area contributed by atoms with Gasteiger partial charge in [-0.2, -0.15) is 0 Å². The van der Waals surface area contributed by atoms with E-state index in [1.54, 1.807) is 0 Å². The number of hydrogen-bond donors (Lipinski definition) is 2. The molecule has 4 nitrogen and oxygen atoms in total. The average Bonchev–Trinajstić information content (AvgIpc) is 3.18. The standard InChI is InChI=1S/C27H33N3O/c1-3-27(18-24(31)28-19(2)20-10-5-4-6-11-20)15-9-16-30-17-14-22-21-12-7-8-13-23(21)29-25(22)26(27)30/h4-8,10-13,19,26,29H,3,9,14-18H2,1-2H3,(H,28,31)/t19-,26+,27-/m0/s1. The van der Waals surface area contributed by atoms with E-state index in [2.05, 4.69) is 65.4 Å². The van der Waals surface area contributed by atoms with Crippen LogP contribution in [0.15, 0.2) is 54.6 Å². The summed E-state index contributed by atoms with van der Waals surface area (Å²) in [5.74, 6) is 0.170. The van der Waals surface area contributed by atoms with Crippen molar-refractivity contribution >= 4 is 16.8 Å². The lowest BCUT2D eigenvalue weighted by molar-refractivity contribution is -0.127. The smallest absolute Gasteiger partial charge is 0.221 e. The molecule has 3 aromatic rings. The van der Waals surface area contributed by atoms with Crippen molar-refractivity contribution in [3.05, 3.63) is 71.4 Å². The van der Waals surface area contributed by atoms with Gasteiger partial charge in [0.15, 0.2) is 0 Å². The number of piperidine rings is 1. The van der Waals surface area contributed by atoms with Crippen LogP contribution in [-0.4, -0.2) is 28.9 Å². The fourth-order valence-corrected chi connectivity index (χ4v) is 6.11. The second-order valence-corrected chi connectivity index (χ2v) is 9.45. The third-order valence-electron chi connectivity index (χ3n) is 7.73. The number of rotatable bonds is 5. The van der Waals surface area contributed by atoms with Gasteiger partial charge in [0.2, 0.25) is 5.91 Å². The van der Waals surface area contributed by atoms with Crippen LogP contribution in [0.3, 0.4) is 0 Å². The maximum Gasteiger partial charge on any atom is 0.221 e. The van der Waals surface area contributed by atoms with E-state index in [4.69, 9.17) is 0 Å². The van der Waals surface area contributed by atoms with Crippen molar-refractivity contribution in [3.8, 4) is 0 Å². The normalized spacial score (nSPS) is 24.4. The lowest BCUT2D eigenvalue weighted by atomic mass is 9.66. The van der Waals surface area contributed by atoms with Crippen LogP contribution in [0.25, 0.3) is 10.9 Å². The Labute approximate surface area is 185 Å². The number of para-hydroxylation sites is 1. The summed E-state index contributed by atoms with van der Waals surface area (Å²) >= 11 is 0. The van der Waals surface area contributed by atoms with Crippen LogP contribution in [0, 0.1) is 5.41 Å². The molecule has 162 valence electrons. The molecule has 0 radical (unpaired) electrons. The molecule has 1 aromatic heterocycles. The van der Waals surface area contributed by atoms with Gasteiger partial charge in [-0.15, -0.1) is 0 Å². The number of carbonyl (C=O) groups is 1. The van der Waals surface area contributed by atoms with Crippen LogP contribution < -0.4 is 5.32 Å². The molecular formula is C27H33N3O. The molecule has 0 bridgehead atoms. The second-order valence-electron chi connectivity index (χ2n) is 9.45. The molecule has 5 rings (SSSR count). The number of amides is 1. The number of hydrogen-bond acceptors (Lipinski definition) is 2. The molecule has 0 spiro atoms. The lowest BCUT2D eigenvalue weighted by Crippen LogP contribution is -2.50. The van der Waals surface area contributed by atoms with Crippen molar-refractivity contribution in [1.29, 1.82) is 0 Å². The summed E-state index contributed by atoms with van der Waals surface area (Å²) in [6.45, 7) is 6.57. The van der Waals surface area contributed by atoms with E-state index in [-0.39, 0.29) is 17.4 Å². The highest BCUT2D eigenvalue weighted by atomic mass is 16.1. The molecule has 2 aromatic carbocycles. The van der Waals surface area contributed by atoms with E-state index in [1.807, 2.05) is 18.2 Å². The number of aromatic nitrogens is 1. The molecular weight excluding hydrogens is 382 g/mol. The Kier molecular flexibility index (Phi) is 5.35. The Hall–Kier alpha value is -2.59. The molecule has 31 heavy (non-hydrogen) atoms. The van der Waals surface area contributed by atoms with E-state index < -0.39 is 0 Å². The number of fused-ring (bicyclic) bond motifs is 5. The first-order valence-electron chi connectivity index (χ1n) is 11.8. The largest absolute Gasteiger partial charge is 0.357 e. The Balaban J connectivity index is 1.45. The first kappa shape index (κ1) is 20.3. The van der Waals surface area contributed by atoms with Crippen molar-refractivity contribution in [2.75, 3.05) is 13.1 Å². The number of nitrogens with zero attached hydrogens (tertiary/aromatic N) is 1. The summed E-state index contributed by atoms with van der Waals surface area (Å²) < 4.78 is 0.